The van der Waals surface area contributed by atoms with Gasteiger partial charge in [-0.3, -0.25) is 0 Å². The normalized spacial score (nSPS) is 11.0. The van der Waals surface area contributed by atoms with Gasteiger partial charge in [0.1, 0.15) is 5.75 Å². The summed E-state index contributed by atoms with van der Waals surface area (Å²) in [5.41, 5.74) is 0.768. The van der Waals surface area contributed by atoms with Crippen LogP contribution in [0.15, 0.2) is 21.6 Å². The second-order valence-electron chi connectivity index (χ2n) is 2.54. The quantitative estimate of drug-likeness (QED) is 0.816. The number of hydrogen-bond donors (Lipinski definition) is 1. The van der Waals surface area contributed by atoms with E-state index < -0.39 is 0 Å². The van der Waals surface area contributed by atoms with E-state index in [4.69, 9.17) is 11.6 Å². The van der Waals surface area contributed by atoms with Crippen LogP contribution in [0, 0.1) is 0 Å². The molecule has 0 saturated heterocycles. The Hall–Kier alpha value is -0.540. The van der Waals surface area contributed by atoms with Gasteiger partial charge in [0.05, 0.1) is 5.02 Å². The fraction of sp³-hybridized carbons (Fsp3) is 0.222. The molecular formula is C9H9BrClNO. The summed E-state index contributed by atoms with van der Waals surface area (Å²) in [4.78, 5) is 3.84. The molecule has 2 nitrogen and oxygen atoms in total. The van der Waals surface area contributed by atoms with Crippen LogP contribution >= 0.6 is 27.5 Å². The average molecular weight is 263 g/mol. The topological polar surface area (TPSA) is 32.6 Å². The van der Waals surface area contributed by atoms with Crippen molar-refractivity contribution in [1.29, 1.82) is 0 Å². The molecule has 0 heterocycles. The van der Waals surface area contributed by atoms with Crippen molar-refractivity contribution in [2.45, 2.75) is 6.42 Å². The van der Waals surface area contributed by atoms with Crippen molar-refractivity contribution in [3.05, 3.63) is 27.2 Å². The fourth-order valence-corrected chi connectivity index (χ4v) is 1.84. The predicted octanol–water partition coefficient (Wildman–Crippen LogP) is 3.05. The highest BCUT2D eigenvalue weighted by molar-refractivity contribution is 9.10. The van der Waals surface area contributed by atoms with Crippen molar-refractivity contribution >= 4 is 33.7 Å². The van der Waals surface area contributed by atoms with Crippen molar-refractivity contribution in [2.75, 3.05) is 7.05 Å². The maximum atomic E-state index is 9.53. The number of aliphatic imine (C=N–C) groups is 1. The third-order valence-corrected chi connectivity index (χ3v) is 2.35. The highest BCUT2D eigenvalue weighted by Crippen LogP contribution is 2.31. The molecule has 0 aliphatic carbocycles. The van der Waals surface area contributed by atoms with Gasteiger partial charge >= 0.3 is 0 Å². The number of nitrogens with zero attached hydrogens (tertiary/aromatic N) is 1. The van der Waals surface area contributed by atoms with Gasteiger partial charge in [-0.25, -0.2) is 0 Å². The lowest BCUT2D eigenvalue weighted by molar-refractivity contribution is 0.470. The molecule has 0 saturated carbocycles. The fourth-order valence-electron chi connectivity index (χ4n) is 0.965. The molecule has 0 amide bonds. The van der Waals surface area contributed by atoms with Crippen LogP contribution in [0.1, 0.15) is 5.56 Å². The van der Waals surface area contributed by atoms with E-state index >= 15 is 0 Å². The number of halogens is 2. The smallest absolute Gasteiger partial charge is 0.137 e. The molecule has 4 heteroatoms. The van der Waals surface area contributed by atoms with Gasteiger partial charge in [0.15, 0.2) is 0 Å². The summed E-state index contributed by atoms with van der Waals surface area (Å²) in [5, 5.41) is 9.89. The van der Waals surface area contributed by atoms with Crippen LogP contribution < -0.4 is 0 Å². The average Bonchev–Trinajstić information content (AvgIpc) is 2.09. The molecule has 0 aromatic heterocycles. The van der Waals surface area contributed by atoms with E-state index in [9.17, 15) is 5.11 Å². The molecular weight excluding hydrogens is 253 g/mol. The minimum Gasteiger partial charge on any atom is -0.506 e. The second kappa shape index (κ2) is 4.63. The van der Waals surface area contributed by atoms with Gasteiger partial charge in [-0.2, -0.15) is 0 Å². The van der Waals surface area contributed by atoms with Crippen LogP contribution in [0.3, 0.4) is 0 Å². The minimum atomic E-state index is 0.129. The summed E-state index contributed by atoms with van der Waals surface area (Å²) in [6, 6.07) is 3.48. The van der Waals surface area contributed by atoms with Crippen LogP contribution in [-0.2, 0) is 6.42 Å². The minimum absolute atomic E-state index is 0.129. The van der Waals surface area contributed by atoms with Crippen LogP contribution in [-0.4, -0.2) is 18.4 Å². The molecule has 13 heavy (non-hydrogen) atoms. The molecule has 0 fully saturated rings. The van der Waals surface area contributed by atoms with Gasteiger partial charge in [-0.15, -0.1) is 0 Å². The summed E-state index contributed by atoms with van der Waals surface area (Å²) in [5.74, 6) is 0.129. The van der Waals surface area contributed by atoms with E-state index in [2.05, 4.69) is 20.9 Å². The zero-order chi connectivity index (χ0) is 9.84. The third kappa shape index (κ3) is 2.71. The Kier molecular flexibility index (Phi) is 3.75. The largest absolute Gasteiger partial charge is 0.506 e. The lowest BCUT2D eigenvalue weighted by atomic mass is 10.1. The van der Waals surface area contributed by atoms with Gasteiger partial charge in [-0.1, -0.05) is 27.5 Å². The Labute approximate surface area is 90.4 Å². The summed E-state index contributed by atoms with van der Waals surface area (Å²) in [6.45, 7) is 0. The maximum Gasteiger partial charge on any atom is 0.137 e. The third-order valence-electron chi connectivity index (χ3n) is 1.60. The first kappa shape index (κ1) is 10.5. The molecule has 0 atom stereocenters. The molecule has 1 N–H and O–H groups in total. The van der Waals surface area contributed by atoms with Crippen molar-refractivity contribution in [3.63, 3.8) is 0 Å². The number of benzene rings is 1. The van der Waals surface area contributed by atoms with Crippen molar-refractivity contribution in [2.24, 2.45) is 4.99 Å². The zero-order valence-electron chi connectivity index (χ0n) is 7.09. The van der Waals surface area contributed by atoms with Crippen LogP contribution in [0.5, 0.6) is 5.75 Å². The standard InChI is InChI=1S/C9H9BrClNO/c1-12-3-2-6-4-7(10)5-8(11)9(6)13/h3-5,13H,2H2,1H3. The van der Waals surface area contributed by atoms with Crippen LogP contribution in [0.2, 0.25) is 5.02 Å². The molecule has 1 aromatic rings. The summed E-state index contributed by atoms with van der Waals surface area (Å²) < 4.78 is 0.856. The maximum absolute atomic E-state index is 9.53. The lowest BCUT2D eigenvalue weighted by Gasteiger charge is -2.04. The zero-order valence-corrected chi connectivity index (χ0v) is 9.43. The van der Waals surface area contributed by atoms with Gasteiger partial charge < -0.3 is 10.1 Å². The monoisotopic (exact) mass is 261 g/mol. The van der Waals surface area contributed by atoms with Gasteiger partial charge in [-0.05, 0) is 12.1 Å². The van der Waals surface area contributed by atoms with E-state index in [1.165, 1.54) is 0 Å². The first-order chi connectivity index (χ1) is 6.15. The van der Waals surface area contributed by atoms with Gasteiger partial charge in [0, 0.05) is 29.7 Å². The molecule has 0 bridgehead atoms. The summed E-state index contributed by atoms with van der Waals surface area (Å²) in [6.07, 6.45) is 2.30. The number of phenolic OH excluding ortho intramolecular Hbond substituents is 1. The van der Waals surface area contributed by atoms with Crippen LogP contribution in [0.25, 0.3) is 0 Å². The Morgan fingerprint density at radius 2 is 2.31 bits per heavy atom. The molecule has 1 aromatic carbocycles. The van der Waals surface area contributed by atoms with E-state index in [1.54, 1.807) is 19.3 Å². The van der Waals surface area contributed by atoms with E-state index in [0.717, 1.165) is 10.0 Å². The number of phenols is 1. The number of aromatic hydroxyl groups is 1. The molecule has 70 valence electrons. The van der Waals surface area contributed by atoms with Crippen molar-refractivity contribution in [3.8, 4) is 5.75 Å². The van der Waals surface area contributed by atoms with Crippen molar-refractivity contribution < 1.29 is 5.11 Å². The first-order valence-corrected chi connectivity index (χ1v) is 4.89. The number of hydrogen-bond acceptors (Lipinski definition) is 2. The van der Waals surface area contributed by atoms with Gasteiger partial charge in [0.2, 0.25) is 0 Å². The Bertz CT molecular complexity index is 339. The van der Waals surface area contributed by atoms with E-state index in [-0.39, 0.29) is 5.75 Å². The number of rotatable bonds is 2. The van der Waals surface area contributed by atoms with Gasteiger partial charge in [0.25, 0.3) is 0 Å². The van der Waals surface area contributed by atoms with Crippen molar-refractivity contribution in [1.82, 2.24) is 0 Å². The molecule has 1 rings (SSSR count). The van der Waals surface area contributed by atoms with Crippen LogP contribution in [0.4, 0.5) is 0 Å². The summed E-state index contributed by atoms with van der Waals surface area (Å²) >= 11 is 9.07. The molecule has 0 radical (unpaired) electrons. The van der Waals surface area contributed by atoms with E-state index in [1.807, 2.05) is 6.07 Å². The first-order valence-electron chi connectivity index (χ1n) is 3.72. The van der Waals surface area contributed by atoms with E-state index in [0.29, 0.717) is 11.4 Å². The summed E-state index contributed by atoms with van der Waals surface area (Å²) in [7, 11) is 1.69. The lowest BCUT2D eigenvalue weighted by Crippen LogP contribution is -1.88. The highest BCUT2D eigenvalue weighted by Gasteiger charge is 2.05. The predicted molar refractivity (Wildman–Crippen MR) is 58.9 cm³/mol. The molecule has 0 aliphatic rings. The second-order valence-corrected chi connectivity index (χ2v) is 3.86. The Balaban J connectivity index is 3.05. The molecule has 0 unspecified atom stereocenters. The Morgan fingerprint density at radius 1 is 1.62 bits per heavy atom. The molecule has 0 aliphatic heterocycles. The Morgan fingerprint density at radius 3 is 2.92 bits per heavy atom. The molecule has 0 spiro atoms. The SMILES string of the molecule is CN=CCc1cc(Br)cc(Cl)c1O. The highest BCUT2D eigenvalue weighted by atomic mass is 79.9.